The molecular formula is C16H25NO. The predicted molar refractivity (Wildman–Crippen MR) is 73.5 cm³/mol. The molecule has 0 radical (unpaired) electrons. The first-order chi connectivity index (χ1) is 8.82. The van der Waals surface area contributed by atoms with E-state index < -0.39 is 0 Å². The van der Waals surface area contributed by atoms with Crippen LogP contribution < -0.4 is 5.32 Å². The molecule has 1 aromatic rings. The van der Waals surface area contributed by atoms with E-state index in [2.05, 4.69) is 18.3 Å². The van der Waals surface area contributed by atoms with Crippen LogP contribution in [0.25, 0.3) is 0 Å². The zero-order valence-corrected chi connectivity index (χ0v) is 11.5. The highest BCUT2D eigenvalue weighted by Gasteiger charge is 2.50. The molecule has 1 N–H and O–H groups in total. The fraction of sp³-hybridized carbons (Fsp3) is 0.750. The lowest BCUT2D eigenvalue weighted by Gasteiger charge is -2.37. The van der Waals surface area contributed by atoms with Gasteiger partial charge in [0.15, 0.2) is 0 Å². The molecule has 2 aliphatic rings. The van der Waals surface area contributed by atoms with Crippen LogP contribution in [0.2, 0.25) is 0 Å². The summed E-state index contributed by atoms with van der Waals surface area (Å²) in [7, 11) is 0. The van der Waals surface area contributed by atoms with Crippen LogP contribution in [-0.2, 0) is 6.42 Å². The maximum atomic E-state index is 5.61. The van der Waals surface area contributed by atoms with Crippen molar-refractivity contribution in [1.82, 2.24) is 5.32 Å². The van der Waals surface area contributed by atoms with Crippen molar-refractivity contribution in [3.05, 3.63) is 24.2 Å². The quantitative estimate of drug-likeness (QED) is 0.777. The molecule has 2 heteroatoms. The van der Waals surface area contributed by atoms with Crippen molar-refractivity contribution in [1.29, 1.82) is 0 Å². The fourth-order valence-electron chi connectivity index (χ4n) is 4.33. The number of nitrogens with one attached hydrogen (secondary N) is 1. The molecule has 100 valence electrons. The molecule has 0 spiro atoms. The Balaban J connectivity index is 1.71. The molecule has 2 fully saturated rings. The predicted octanol–water partition coefficient (Wildman–Crippen LogP) is 3.63. The van der Waals surface area contributed by atoms with Crippen molar-refractivity contribution in [3.63, 3.8) is 0 Å². The van der Waals surface area contributed by atoms with Gasteiger partial charge in [0, 0.05) is 13.0 Å². The molecule has 2 nitrogen and oxygen atoms in total. The van der Waals surface area contributed by atoms with Gasteiger partial charge in [-0.3, -0.25) is 0 Å². The van der Waals surface area contributed by atoms with Crippen LogP contribution in [0.15, 0.2) is 22.8 Å². The van der Waals surface area contributed by atoms with E-state index in [1.165, 1.54) is 44.4 Å². The molecule has 2 aliphatic carbocycles. The van der Waals surface area contributed by atoms with Crippen LogP contribution in [0.5, 0.6) is 0 Å². The van der Waals surface area contributed by atoms with Gasteiger partial charge >= 0.3 is 0 Å². The lowest BCUT2D eigenvalue weighted by molar-refractivity contribution is 0.147. The topological polar surface area (TPSA) is 25.2 Å². The van der Waals surface area contributed by atoms with Crippen molar-refractivity contribution >= 4 is 0 Å². The van der Waals surface area contributed by atoms with Gasteiger partial charge in [-0.15, -0.1) is 0 Å². The minimum atomic E-state index is 0.482. The third kappa shape index (κ3) is 2.23. The van der Waals surface area contributed by atoms with Crippen molar-refractivity contribution < 1.29 is 4.42 Å². The molecular weight excluding hydrogens is 222 g/mol. The lowest BCUT2D eigenvalue weighted by Crippen LogP contribution is -2.40. The van der Waals surface area contributed by atoms with Crippen LogP contribution >= 0.6 is 0 Å². The third-order valence-electron chi connectivity index (χ3n) is 5.11. The van der Waals surface area contributed by atoms with Crippen LogP contribution in [0.3, 0.4) is 0 Å². The summed E-state index contributed by atoms with van der Waals surface area (Å²) in [5.74, 6) is 3.10. The molecule has 1 heterocycles. The Labute approximate surface area is 110 Å². The van der Waals surface area contributed by atoms with Gasteiger partial charge in [0.2, 0.25) is 0 Å². The Morgan fingerprint density at radius 3 is 3.00 bits per heavy atom. The molecule has 0 aromatic carbocycles. The summed E-state index contributed by atoms with van der Waals surface area (Å²) >= 11 is 0. The first kappa shape index (κ1) is 12.3. The van der Waals surface area contributed by atoms with Gasteiger partial charge in [-0.1, -0.05) is 13.3 Å². The number of fused-ring (bicyclic) bond motifs is 2. The minimum Gasteiger partial charge on any atom is -0.469 e. The Bertz CT molecular complexity index is 372. The minimum absolute atomic E-state index is 0.482. The highest BCUT2D eigenvalue weighted by molar-refractivity contribution is 5.09. The second-order valence-corrected chi connectivity index (χ2v) is 6.38. The molecule has 0 amide bonds. The van der Waals surface area contributed by atoms with Gasteiger partial charge in [0.05, 0.1) is 6.26 Å². The molecule has 0 aliphatic heterocycles. The average Bonchev–Trinajstić information content (AvgIpc) is 3.06. The zero-order valence-electron chi connectivity index (χ0n) is 11.5. The normalized spacial score (nSPS) is 34.3. The number of rotatable bonds is 6. The van der Waals surface area contributed by atoms with Crippen molar-refractivity contribution in [3.8, 4) is 0 Å². The average molecular weight is 247 g/mol. The summed E-state index contributed by atoms with van der Waals surface area (Å²) in [6.45, 7) is 4.58. The fourth-order valence-corrected chi connectivity index (χ4v) is 4.33. The van der Waals surface area contributed by atoms with Crippen LogP contribution in [0.1, 0.15) is 44.8 Å². The molecule has 2 bridgehead atoms. The maximum absolute atomic E-state index is 5.61. The molecule has 0 saturated heterocycles. The van der Waals surface area contributed by atoms with Crippen LogP contribution in [0, 0.1) is 17.3 Å². The molecule has 3 rings (SSSR count). The summed E-state index contributed by atoms with van der Waals surface area (Å²) in [5, 5.41) is 3.67. The van der Waals surface area contributed by atoms with Crippen molar-refractivity contribution in [2.45, 2.75) is 45.4 Å². The van der Waals surface area contributed by atoms with Gasteiger partial charge in [0.1, 0.15) is 5.76 Å². The maximum Gasteiger partial charge on any atom is 0.104 e. The van der Waals surface area contributed by atoms with Gasteiger partial charge in [-0.05, 0) is 61.6 Å². The molecule has 3 unspecified atom stereocenters. The highest BCUT2D eigenvalue weighted by atomic mass is 16.3. The van der Waals surface area contributed by atoms with Gasteiger partial charge in [-0.25, -0.2) is 0 Å². The third-order valence-corrected chi connectivity index (χ3v) is 5.11. The largest absolute Gasteiger partial charge is 0.469 e. The van der Waals surface area contributed by atoms with Crippen molar-refractivity contribution in [2.75, 3.05) is 13.1 Å². The monoisotopic (exact) mass is 247 g/mol. The number of hydrogen-bond acceptors (Lipinski definition) is 2. The van der Waals surface area contributed by atoms with E-state index >= 15 is 0 Å². The smallest absolute Gasteiger partial charge is 0.104 e. The Morgan fingerprint density at radius 1 is 1.44 bits per heavy atom. The standard InChI is InChI=1S/C16H25NO/c1-2-7-17-12-16(11-15-4-3-8-18-15)10-13-5-6-14(16)9-13/h3-4,8,13-14,17H,2,5-7,9-12H2,1H3. The Hall–Kier alpha value is -0.760. The molecule has 3 atom stereocenters. The number of furan rings is 1. The summed E-state index contributed by atoms with van der Waals surface area (Å²) in [6, 6.07) is 4.17. The summed E-state index contributed by atoms with van der Waals surface area (Å²) < 4.78 is 5.61. The van der Waals surface area contributed by atoms with Crippen LogP contribution in [-0.4, -0.2) is 13.1 Å². The van der Waals surface area contributed by atoms with E-state index in [9.17, 15) is 0 Å². The second-order valence-electron chi connectivity index (χ2n) is 6.38. The lowest BCUT2D eigenvalue weighted by atomic mass is 9.70. The Kier molecular flexibility index (Phi) is 3.47. The van der Waals surface area contributed by atoms with E-state index in [0.717, 1.165) is 24.8 Å². The van der Waals surface area contributed by atoms with E-state index in [1.54, 1.807) is 0 Å². The van der Waals surface area contributed by atoms with Crippen molar-refractivity contribution in [2.24, 2.45) is 17.3 Å². The van der Waals surface area contributed by atoms with Gasteiger partial charge in [-0.2, -0.15) is 0 Å². The van der Waals surface area contributed by atoms with E-state index in [0.29, 0.717) is 5.41 Å². The summed E-state index contributed by atoms with van der Waals surface area (Å²) in [5.41, 5.74) is 0.482. The van der Waals surface area contributed by atoms with Crippen LogP contribution in [0.4, 0.5) is 0 Å². The second kappa shape index (κ2) is 5.08. The number of hydrogen-bond donors (Lipinski definition) is 1. The molecule has 2 saturated carbocycles. The first-order valence-corrected chi connectivity index (χ1v) is 7.55. The van der Waals surface area contributed by atoms with E-state index in [-0.39, 0.29) is 0 Å². The Morgan fingerprint density at radius 2 is 2.39 bits per heavy atom. The van der Waals surface area contributed by atoms with E-state index in [1.807, 2.05) is 12.3 Å². The summed E-state index contributed by atoms with van der Waals surface area (Å²) in [6.07, 6.45) is 9.97. The molecule has 18 heavy (non-hydrogen) atoms. The van der Waals surface area contributed by atoms with Gasteiger partial charge < -0.3 is 9.73 Å². The first-order valence-electron chi connectivity index (χ1n) is 7.55. The zero-order chi connectivity index (χ0) is 12.4. The summed E-state index contributed by atoms with van der Waals surface area (Å²) in [4.78, 5) is 0. The van der Waals surface area contributed by atoms with Gasteiger partial charge in [0.25, 0.3) is 0 Å². The SMILES string of the molecule is CCCNCC1(Cc2ccco2)CC2CCC1C2. The molecule has 1 aromatic heterocycles. The highest BCUT2D eigenvalue weighted by Crippen LogP contribution is 2.57. The van der Waals surface area contributed by atoms with E-state index in [4.69, 9.17) is 4.42 Å².